The second-order valence-electron chi connectivity index (χ2n) is 30.0. The van der Waals surface area contributed by atoms with Crippen LogP contribution in [0.2, 0.25) is 0 Å². The molecule has 19 heteroatoms. The number of rotatable bonds is 78. The van der Waals surface area contributed by atoms with Gasteiger partial charge in [-0.2, -0.15) is 0 Å². The molecule has 0 heterocycles. The molecule has 0 fully saturated rings. The summed E-state index contributed by atoms with van der Waals surface area (Å²) in [5, 5.41) is 10.6. The monoisotopic (exact) mass is 1450 g/mol. The van der Waals surface area contributed by atoms with Crippen LogP contribution >= 0.6 is 15.6 Å². The van der Waals surface area contributed by atoms with Gasteiger partial charge in [0.15, 0.2) is 12.2 Å². The van der Waals surface area contributed by atoms with Gasteiger partial charge in [0.05, 0.1) is 26.4 Å². The van der Waals surface area contributed by atoms with Crippen molar-refractivity contribution in [3.05, 3.63) is 0 Å². The molecule has 17 nitrogen and oxygen atoms in total. The lowest BCUT2D eigenvalue weighted by atomic mass is 9.99. The van der Waals surface area contributed by atoms with Crippen LogP contribution in [0.1, 0.15) is 414 Å². The Labute approximate surface area is 607 Å². The number of phosphoric acid groups is 2. The molecule has 0 saturated carbocycles. The quantitative estimate of drug-likeness (QED) is 0.0222. The van der Waals surface area contributed by atoms with Gasteiger partial charge in [-0.3, -0.25) is 37.3 Å². The molecule has 0 spiro atoms. The Kier molecular flexibility index (Phi) is 69.0. The summed E-state index contributed by atoms with van der Waals surface area (Å²) in [5.74, 6) is 0.205. The molecule has 0 aromatic rings. The molecule has 3 N–H and O–H groups in total. The Bertz CT molecular complexity index is 1920. The summed E-state index contributed by atoms with van der Waals surface area (Å²) >= 11 is 0. The molecular weight excluding hydrogens is 1290 g/mol. The highest BCUT2D eigenvalue weighted by Gasteiger charge is 2.30. The largest absolute Gasteiger partial charge is 0.472 e. The molecule has 0 aromatic carbocycles. The molecule has 99 heavy (non-hydrogen) atoms. The van der Waals surface area contributed by atoms with Gasteiger partial charge in [-0.15, -0.1) is 0 Å². The van der Waals surface area contributed by atoms with Crippen LogP contribution in [0.25, 0.3) is 0 Å². The second kappa shape index (κ2) is 70.4. The summed E-state index contributed by atoms with van der Waals surface area (Å²) in [6, 6.07) is 0. The molecule has 0 aliphatic rings. The molecule has 588 valence electrons. The highest BCUT2D eigenvalue weighted by atomic mass is 31.2. The fraction of sp³-hybridized carbons (Fsp3) is 0.950. The van der Waals surface area contributed by atoms with Crippen molar-refractivity contribution in [2.45, 2.75) is 433 Å². The normalized spacial score (nSPS) is 14.3. The van der Waals surface area contributed by atoms with E-state index >= 15 is 0 Å². The minimum Gasteiger partial charge on any atom is -0.462 e. The Hall–Kier alpha value is -1.94. The van der Waals surface area contributed by atoms with Gasteiger partial charge in [0.25, 0.3) is 0 Å². The van der Waals surface area contributed by atoms with Gasteiger partial charge < -0.3 is 33.8 Å². The summed E-state index contributed by atoms with van der Waals surface area (Å²) in [6.45, 7) is 11.9. The highest BCUT2D eigenvalue weighted by Crippen LogP contribution is 2.45. The van der Waals surface area contributed by atoms with Gasteiger partial charge in [0.1, 0.15) is 19.3 Å². The fourth-order valence-electron chi connectivity index (χ4n) is 12.3. The average molecular weight is 1450 g/mol. The van der Waals surface area contributed by atoms with E-state index in [-0.39, 0.29) is 25.7 Å². The van der Waals surface area contributed by atoms with E-state index in [1.165, 1.54) is 225 Å². The molecule has 6 atom stereocenters. The molecule has 0 saturated heterocycles. The Morgan fingerprint density at radius 3 is 0.768 bits per heavy atom. The van der Waals surface area contributed by atoms with Crippen molar-refractivity contribution in [1.29, 1.82) is 0 Å². The van der Waals surface area contributed by atoms with Gasteiger partial charge in [-0.25, -0.2) is 9.13 Å². The molecule has 0 rings (SSSR count). The lowest BCUT2D eigenvalue weighted by molar-refractivity contribution is -0.161. The van der Waals surface area contributed by atoms with Gasteiger partial charge in [0, 0.05) is 25.7 Å². The highest BCUT2D eigenvalue weighted by molar-refractivity contribution is 7.47. The van der Waals surface area contributed by atoms with Crippen molar-refractivity contribution < 1.29 is 80.2 Å². The number of hydrogen-bond donors (Lipinski definition) is 3. The molecule has 0 aliphatic heterocycles. The summed E-state index contributed by atoms with van der Waals surface area (Å²) in [4.78, 5) is 73.0. The lowest BCUT2D eigenvalue weighted by Crippen LogP contribution is -2.30. The van der Waals surface area contributed by atoms with Crippen molar-refractivity contribution >= 4 is 39.5 Å². The molecule has 3 unspecified atom stereocenters. The van der Waals surface area contributed by atoms with Gasteiger partial charge >= 0.3 is 39.5 Å². The smallest absolute Gasteiger partial charge is 0.462 e. The van der Waals surface area contributed by atoms with Crippen LogP contribution in [-0.2, 0) is 65.4 Å². The predicted molar refractivity (Wildman–Crippen MR) is 405 cm³/mol. The first-order chi connectivity index (χ1) is 47.8. The first-order valence-corrected chi connectivity index (χ1v) is 44.4. The van der Waals surface area contributed by atoms with Gasteiger partial charge in [-0.1, -0.05) is 363 Å². The lowest BCUT2D eigenvalue weighted by Gasteiger charge is -2.21. The molecule has 0 amide bonds. The zero-order valence-corrected chi connectivity index (χ0v) is 66.8. The van der Waals surface area contributed by atoms with E-state index in [0.29, 0.717) is 25.7 Å². The summed E-state index contributed by atoms with van der Waals surface area (Å²) in [7, 11) is -9.92. The van der Waals surface area contributed by atoms with E-state index in [0.717, 1.165) is 108 Å². The van der Waals surface area contributed by atoms with E-state index in [4.69, 9.17) is 37.0 Å². The molecular formula is C80H156O17P2. The number of carbonyl (C=O) groups excluding carboxylic acids is 4. The third-order valence-corrected chi connectivity index (χ3v) is 20.9. The van der Waals surface area contributed by atoms with Crippen LogP contribution in [0.15, 0.2) is 0 Å². The number of phosphoric ester groups is 2. The zero-order valence-electron chi connectivity index (χ0n) is 65.0. The number of aliphatic hydroxyl groups excluding tert-OH is 1. The van der Waals surface area contributed by atoms with Crippen molar-refractivity contribution in [3.8, 4) is 0 Å². The maximum Gasteiger partial charge on any atom is 0.472 e. The number of carbonyl (C=O) groups is 4. The van der Waals surface area contributed by atoms with Crippen LogP contribution < -0.4 is 0 Å². The minimum absolute atomic E-state index is 0.106. The molecule has 0 bridgehead atoms. The third kappa shape index (κ3) is 72.8. The predicted octanol–water partition coefficient (Wildman–Crippen LogP) is 23.7. The van der Waals surface area contributed by atoms with E-state index < -0.39 is 97.5 Å². The standard InChI is InChI=1S/C80H156O17P2/c1-8-10-11-12-13-14-15-16-17-18-19-20-21-22-25-34-42-49-56-63-79(84)96-75(67-90-77(82)61-54-47-40-33-26-23-24-30-37-44-51-58-71(3)4)69-94-98(86,87)92-65-74(81)66-93-99(88,89)95-70-76(68-91-78(83)62-55-48-41-36-29-31-38-45-52-59-72(5)6)97-80(85)64-57-50-43-35-28-27-32-39-46-53-60-73(7)9-2/h71-76,81H,8-70H2,1-7H3,(H,86,87)(H,88,89)/t73?,74-,75-,76-/m1/s1. The van der Waals surface area contributed by atoms with Gasteiger partial charge in [-0.05, 0) is 43.4 Å². The zero-order chi connectivity index (χ0) is 73.0. The van der Waals surface area contributed by atoms with Crippen molar-refractivity contribution in [2.24, 2.45) is 17.8 Å². The second-order valence-corrected chi connectivity index (χ2v) is 32.9. The average Bonchev–Trinajstić information content (AvgIpc) is 1.10. The van der Waals surface area contributed by atoms with Crippen LogP contribution in [-0.4, -0.2) is 96.7 Å². The maximum absolute atomic E-state index is 13.1. The number of unbranched alkanes of at least 4 members (excludes halogenated alkanes) is 45. The summed E-state index contributed by atoms with van der Waals surface area (Å²) in [6.07, 6.45) is 58.2. The Balaban J connectivity index is 5.26. The van der Waals surface area contributed by atoms with Crippen molar-refractivity contribution in [2.75, 3.05) is 39.6 Å². The van der Waals surface area contributed by atoms with E-state index in [2.05, 4.69) is 48.5 Å². The molecule has 0 radical (unpaired) electrons. The van der Waals surface area contributed by atoms with Crippen molar-refractivity contribution in [1.82, 2.24) is 0 Å². The van der Waals surface area contributed by atoms with Crippen LogP contribution in [0.4, 0.5) is 0 Å². The van der Waals surface area contributed by atoms with Gasteiger partial charge in [0.2, 0.25) is 0 Å². The summed E-state index contributed by atoms with van der Waals surface area (Å²) in [5.41, 5.74) is 0. The van der Waals surface area contributed by atoms with Crippen molar-refractivity contribution in [3.63, 3.8) is 0 Å². The van der Waals surface area contributed by atoms with E-state index in [9.17, 15) is 43.2 Å². The van der Waals surface area contributed by atoms with E-state index in [1.54, 1.807) is 0 Å². The number of hydrogen-bond acceptors (Lipinski definition) is 15. The summed E-state index contributed by atoms with van der Waals surface area (Å²) < 4.78 is 68.7. The van der Waals surface area contributed by atoms with E-state index in [1.807, 2.05) is 0 Å². The van der Waals surface area contributed by atoms with Crippen LogP contribution in [0.5, 0.6) is 0 Å². The first kappa shape index (κ1) is 97.1. The Morgan fingerprint density at radius 2 is 0.515 bits per heavy atom. The number of aliphatic hydroxyl groups is 1. The third-order valence-electron chi connectivity index (χ3n) is 19.0. The number of esters is 4. The number of ether oxygens (including phenoxy) is 4. The first-order valence-electron chi connectivity index (χ1n) is 41.4. The topological polar surface area (TPSA) is 237 Å². The molecule has 0 aromatic heterocycles. The van der Waals surface area contributed by atoms with Crippen LogP contribution in [0, 0.1) is 17.8 Å². The fourth-order valence-corrected chi connectivity index (χ4v) is 13.9. The van der Waals surface area contributed by atoms with Crippen LogP contribution in [0.3, 0.4) is 0 Å². The minimum atomic E-state index is -4.96. The molecule has 0 aliphatic carbocycles. The Morgan fingerprint density at radius 1 is 0.293 bits per heavy atom. The SMILES string of the molecule is CCCCCCCCCCCCCCCCCCCCCC(=O)O[C@H](COC(=O)CCCCCCCCCCCCCC(C)C)COP(=O)(O)OC[C@@H](O)COP(=O)(O)OC[C@@H](COC(=O)CCCCCCCCCCCC(C)C)OC(=O)CCCCCCCCCCCCC(C)CC. The maximum atomic E-state index is 13.1.